The molecule has 2 aromatic carbocycles. The van der Waals surface area contributed by atoms with Gasteiger partial charge in [-0.3, -0.25) is 9.59 Å². The number of rotatable bonds is 8. The number of carbonyl (C=O) groups excluding carboxylic acids is 1. The summed E-state index contributed by atoms with van der Waals surface area (Å²) in [4.78, 5) is 24.2. The summed E-state index contributed by atoms with van der Waals surface area (Å²) in [6.07, 6.45) is 2.05. The zero-order valence-corrected chi connectivity index (χ0v) is 19.0. The second kappa shape index (κ2) is 10.7. The van der Waals surface area contributed by atoms with E-state index in [1.54, 1.807) is 38.4 Å². The van der Waals surface area contributed by atoms with E-state index >= 15 is 0 Å². The zero-order chi connectivity index (χ0) is 24.0. The molecule has 0 spiro atoms. The highest BCUT2D eigenvalue weighted by atomic mass is 16.4. The third kappa shape index (κ3) is 5.75. The van der Waals surface area contributed by atoms with E-state index in [2.05, 4.69) is 10.5 Å². The second-order valence-corrected chi connectivity index (χ2v) is 8.21. The van der Waals surface area contributed by atoms with Gasteiger partial charge in [0.05, 0.1) is 12.3 Å². The first kappa shape index (κ1) is 23.9. The van der Waals surface area contributed by atoms with Crippen molar-refractivity contribution in [2.24, 2.45) is 12.2 Å². The third-order valence-electron chi connectivity index (χ3n) is 5.73. The van der Waals surface area contributed by atoms with E-state index in [1.165, 1.54) is 10.6 Å². The molecule has 0 fully saturated rings. The van der Waals surface area contributed by atoms with Gasteiger partial charge in [-0.05, 0) is 48.7 Å². The van der Waals surface area contributed by atoms with Crippen molar-refractivity contribution in [1.82, 2.24) is 9.88 Å². The SMILES string of the molecule is Cc1ccccc1C(C/C(=N\O)c1ccc(=O)n(C)c1)c1ccc(C(=O)N[C@H](C)CO)cc1. The largest absolute Gasteiger partial charge is 0.411 e. The molecule has 33 heavy (non-hydrogen) atoms. The van der Waals surface area contributed by atoms with E-state index in [4.69, 9.17) is 5.11 Å². The molecule has 7 nitrogen and oxygen atoms in total. The molecule has 0 aliphatic carbocycles. The first-order chi connectivity index (χ1) is 15.8. The Labute approximate surface area is 193 Å². The van der Waals surface area contributed by atoms with Crippen LogP contribution >= 0.6 is 0 Å². The fourth-order valence-corrected chi connectivity index (χ4v) is 3.78. The maximum absolute atomic E-state index is 12.4. The minimum absolute atomic E-state index is 0.131. The Morgan fingerprint density at radius 1 is 1.06 bits per heavy atom. The molecule has 0 aliphatic rings. The van der Waals surface area contributed by atoms with Gasteiger partial charge in [0.2, 0.25) is 5.56 Å². The number of aliphatic hydroxyl groups is 1. The summed E-state index contributed by atoms with van der Waals surface area (Å²) in [5.41, 5.74) is 4.60. The Kier molecular flexibility index (Phi) is 7.79. The Balaban J connectivity index is 1.97. The molecule has 3 rings (SSSR count). The molecule has 3 N–H and O–H groups in total. The van der Waals surface area contributed by atoms with E-state index in [0.29, 0.717) is 23.3 Å². The van der Waals surface area contributed by atoms with Gasteiger partial charge >= 0.3 is 0 Å². The summed E-state index contributed by atoms with van der Waals surface area (Å²) in [6.45, 7) is 3.63. The van der Waals surface area contributed by atoms with Crippen LogP contribution in [-0.2, 0) is 7.05 Å². The summed E-state index contributed by atoms with van der Waals surface area (Å²) >= 11 is 0. The van der Waals surface area contributed by atoms with Crippen LogP contribution in [-0.4, -0.2) is 39.1 Å². The number of aryl methyl sites for hydroxylation is 2. The Bertz CT molecular complexity index is 1200. The molecule has 1 unspecified atom stereocenters. The van der Waals surface area contributed by atoms with Gasteiger partial charge in [-0.25, -0.2) is 0 Å². The molecule has 0 aliphatic heterocycles. The lowest BCUT2D eigenvalue weighted by Gasteiger charge is -2.21. The number of hydrogen-bond acceptors (Lipinski definition) is 5. The predicted octanol–water partition coefficient (Wildman–Crippen LogP) is 3.20. The maximum atomic E-state index is 12.4. The normalized spacial score (nSPS) is 13.4. The van der Waals surface area contributed by atoms with Gasteiger partial charge in [0, 0.05) is 48.8 Å². The monoisotopic (exact) mass is 447 g/mol. The van der Waals surface area contributed by atoms with Crippen molar-refractivity contribution in [2.75, 3.05) is 6.61 Å². The van der Waals surface area contributed by atoms with Crippen LogP contribution in [0.4, 0.5) is 0 Å². The van der Waals surface area contributed by atoms with Crippen LogP contribution in [0.3, 0.4) is 0 Å². The summed E-state index contributed by atoms with van der Waals surface area (Å²) in [7, 11) is 1.65. The molecule has 172 valence electrons. The lowest BCUT2D eigenvalue weighted by molar-refractivity contribution is 0.0922. The van der Waals surface area contributed by atoms with Gasteiger partial charge < -0.3 is 20.2 Å². The first-order valence-electron chi connectivity index (χ1n) is 10.8. The number of oxime groups is 1. The average Bonchev–Trinajstić information content (AvgIpc) is 2.82. The van der Waals surface area contributed by atoms with E-state index in [-0.39, 0.29) is 30.0 Å². The Hall–Kier alpha value is -3.71. The number of nitrogens with one attached hydrogen (secondary N) is 1. The highest BCUT2D eigenvalue weighted by molar-refractivity contribution is 6.00. The second-order valence-electron chi connectivity index (χ2n) is 8.21. The Morgan fingerprint density at radius 2 is 1.73 bits per heavy atom. The molecule has 1 aromatic heterocycles. The molecule has 0 bridgehead atoms. The van der Waals surface area contributed by atoms with Gasteiger partial charge in [0.1, 0.15) is 0 Å². The predicted molar refractivity (Wildman–Crippen MR) is 128 cm³/mol. The van der Waals surface area contributed by atoms with Crippen LogP contribution in [0.2, 0.25) is 0 Å². The molecule has 2 atom stereocenters. The fourth-order valence-electron chi connectivity index (χ4n) is 3.78. The summed E-state index contributed by atoms with van der Waals surface area (Å²) < 4.78 is 1.45. The average molecular weight is 448 g/mol. The molecule has 1 amide bonds. The third-order valence-corrected chi connectivity index (χ3v) is 5.73. The molecule has 0 radical (unpaired) electrons. The van der Waals surface area contributed by atoms with Crippen molar-refractivity contribution < 1.29 is 15.1 Å². The number of pyridine rings is 1. The van der Waals surface area contributed by atoms with Gasteiger partial charge in [0.15, 0.2) is 0 Å². The number of amides is 1. The van der Waals surface area contributed by atoms with Crippen LogP contribution in [0, 0.1) is 6.92 Å². The number of hydrogen-bond donors (Lipinski definition) is 3. The van der Waals surface area contributed by atoms with Crippen molar-refractivity contribution in [3.63, 3.8) is 0 Å². The number of aliphatic hydroxyl groups excluding tert-OH is 1. The van der Waals surface area contributed by atoms with E-state index in [1.807, 2.05) is 43.3 Å². The number of benzene rings is 2. The fraction of sp³-hybridized carbons (Fsp3) is 0.269. The van der Waals surface area contributed by atoms with Crippen molar-refractivity contribution in [3.8, 4) is 0 Å². The van der Waals surface area contributed by atoms with E-state index in [9.17, 15) is 14.8 Å². The smallest absolute Gasteiger partial charge is 0.251 e. The van der Waals surface area contributed by atoms with Crippen LogP contribution in [0.5, 0.6) is 0 Å². The maximum Gasteiger partial charge on any atom is 0.251 e. The van der Waals surface area contributed by atoms with E-state index in [0.717, 1.165) is 16.7 Å². The minimum atomic E-state index is -0.331. The van der Waals surface area contributed by atoms with Gasteiger partial charge in [-0.1, -0.05) is 41.6 Å². The molecule has 1 heterocycles. The van der Waals surface area contributed by atoms with Gasteiger partial charge in [-0.15, -0.1) is 0 Å². The number of nitrogens with zero attached hydrogens (tertiary/aromatic N) is 2. The van der Waals surface area contributed by atoms with Crippen molar-refractivity contribution in [1.29, 1.82) is 0 Å². The molecular formula is C26H29N3O4. The van der Waals surface area contributed by atoms with Gasteiger partial charge in [0.25, 0.3) is 5.91 Å². The van der Waals surface area contributed by atoms with Crippen LogP contribution in [0.1, 0.15) is 51.9 Å². The minimum Gasteiger partial charge on any atom is -0.411 e. The van der Waals surface area contributed by atoms with Crippen LogP contribution in [0.15, 0.2) is 76.8 Å². The standard InChI is InChI=1S/C26H29N3O4/c1-17-6-4-5-7-22(17)23(14-24(28-33)21-12-13-25(31)29(3)15-21)19-8-10-20(11-9-19)26(32)27-18(2)16-30/h4-13,15,18,23,30,33H,14,16H2,1-3H3,(H,27,32)/b28-24+/t18-,23?/m1/s1. The highest BCUT2D eigenvalue weighted by Gasteiger charge is 2.21. The first-order valence-corrected chi connectivity index (χ1v) is 10.8. The molecule has 7 heteroatoms. The van der Waals surface area contributed by atoms with E-state index < -0.39 is 0 Å². The summed E-state index contributed by atoms with van der Waals surface area (Å²) in [6, 6.07) is 18.1. The summed E-state index contributed by atoms with van der Waals surface area (Å²) in [5.74, 6) is -0.388. The van der Waals surface area contributed by atoms with Crippen molar-refractivity contribution >= 4 is 11.6 Å². The molecular weight excluding hydrogens is 418 g/mol. The molecule has 3 aromatic rings. The van der Waals surface area contributed by atoms with Crippen LogP contribution in [0.25, 0.3) is 0 Å². The lowest BCUT2D eigenvalue weighted by atomic mass is 9.83. The summed E-state index contributed by atoms with van der Waals surface area (Å²) in [5, 5.41) is 25.3. The van der Waals surface area contributed by atoms with Gasteiger partial charge in [-0.2, -0.15) is 0 Å². The molecule has 0 saturated carbocycles. The number of aromatic nitrogens is 1. The lowest BCUT2D eigenvalue weighted by Crippen LogP contribution is -2.34. The number of carbonyl (C=O) groups is 1. The van der Waals surface area contributed by atoms with Crippen molar-refractivity contribution in [2.45, 2.75) is 32.2 Å². The highest BCUT2D eigenvalue weighted by Crippen LogP contribution is 2.32. The molecule has 0 saturated heterocycles. The topological polar surface area (TPSA) is 104 Å². The zero-order valence-electron chi connectivity index (χ0n) is 19.0. The Morgan fingerprint density at radius 3 is 2.33 bits per heavy atom. The quantitative estimate of drug-likeness (QED) is 0.280. The van der Waals surface area contributed by atoms with Crippen molar-refractivity contribution in [3.05, 3.63) is 105 Å². The van der Waals surface area contributed by atoms with Crippen LogP contribution < -0.4 is 10.9 Å².